The van der Waals surface area contributed by atoms with Crippen LogP contribution in [0.1, 0.15) is 23.3 Å². The molecule has 1 aromatic carbocycles. The van der Waals surface area contributed by atoms with Gasteiger partial charge in [0.15, 0.2) is 5.78 Å². The topological polar surface area (TPSA) is 71.9 Å². The summed E-state index contributed by atoms with van der Waals surface area (Å²) in [5.41, 5.74) is 0.408. The highest BCUT2D eigenvalue weighted by Crippen LogP contribution is 2.39. The number of nitrogens with zero attached hydrogens (tertiary/aromatic N) is 2. The van der Waals surface area contributed by atoms with Crippen molar-refractivity contribution in [2.45, 2.75) is 18.9 Å². The Labute approximate surface area is 158 Å². The Bertz CT molecular complexity index is 777. The van der Waals surface area contributed by atoms with Crippen LogP contribution in [0.5, 0.6) is 17.2 Å². The Morgan fingerprint density at radius 1 is 1.11 bits per heavy atom. The molecule has 0 amide bonds. The van der Waals surface area contributed by atoms with Gasteiger partial charge in [-0.05, 0) is 61.1 Å². The van der Waals surface area contributed by atoms with E-state index in [1.165, 1.54) is 12.3 Å². The second-order valence-electron chi connectivity index (χ2n) is 7.43. The zero-order valence-corrected chi connectivity index (χ0v) is 15.4. The standard InChI is InChI=1S/C21H24N2O4/c1-26-17-3-5-18(6-4-17)27-19-8-14-11-23(12-15(14)9-19)13-21(25)20-7-2-16(24)10-22-20/h2-7,10,14-15,19,24H,8-9,11-13H2,1H3/t14-,15?,19-/m1/s1. The first-order valence-corrected chi connectivity index (χ1v) is 9.32. The third-order valence-corrected chi connectivity index (χ3v) is 5.55. The molecule has 2 aliphatic rings. The first kappa shape index (κ1) is 17.8. The molecule has 2 aromatic rings. The number of ether oxygens (including phenoxy) is 2. The first-order chi connectivity index (χ1) is 13.1. The highest BCUT2D eigenvalue weighted by molar-refractivity contribution is 5.95. The molecule has 1 aliphatic heterocycles. The van der Waals surface area contributed by atoms with Crippen molar-refractivity contribution in [2.24, 2.45) is 11.8 Å². The van der Waals surface area contributed by atoms with Crippen LogP contribution in [0, 0.1) is 11.8 Å². The van der Waals surface area contributed by atoms with Crippen LogP contribution in [0.15, 0.2) is 42.6 Å². The van der Waals surface area contributed by atoms with Crippen LogP contribution in [0.25, 0.3) is 0 Å². The third-order valence-electron chi connectivity index (χ3n) is 5.55. The van der Waals surface area contributed by atoms with E-state index >= 15 is 0 Å². The molecular formula is C21H24N2O4. The number of hydrogen-bond donors (Lipinski definition) is 1. The van der Waals surface area contributed by atoms with E-state index in [0.717, 1.165) is 37.4 Å². The lowest BCUT2D eigenvalue weighted by atomic mass is 10.0. The minimum atomic E-state index is 0.000932. The van der Waals surface area contributed by atoms with Gasteiger partial charge in [-0.3, -0.25) is 9.69 Å². The molecule has 2 heterocycles. The van der Waals surface area contributed by atoms with Crippen molar-refractivity contribution in [1.29, 1.82) is 0 Å². The molecule has 0 bridgehead atoms. The second-order valence-corrected chi connectivity index (χ2v) is 7.43. The normalized spacial score (nSPS) is 24.6. The van der Waals surface area contributed by atoms with Crippen molar-refractivity contribution in [3.63, 3.8) is 0 Å². The SMILES string of the molecule is COc1ccc(O[C@H]2CC3CN(CC(=O)c4ccc(O)cn4)C[C@H]3C2)cc1. The van der Waals surface area contributed by atoms with Gasteiger partial charge in [0.05, 0.1) is 26.0 Å². The molecule has 6 heteroatoms. The summed E-state index contributed by atoms with van der Waals surface area (Å²) in [5, 5.41) is 9.29. The minimum absolute atomic E-state index is 0.000932. The predicted molar refractivity (Wildman–Crippen MR) is 100 cm³/mol. The Balaban J connectivity index is 1.27. The van der Waals surface area contributed by atoms with Gasteiger partial charge in [-0.2, -0.15) is 0 Å². The summed E-state index contributed by atoms with van der Waals surface area (Å²) in [4.78, 5) is 18.6. The van der Waals surface area contributed by atoms with Gasteiger partial charge in [-0.1, -0.05) is 0 Å². The van der Waals surface area contributed by atoms with E-state index in [2.05, 4.69) is 9.88 Å². The average Bonchev–Trinajstić information content (AvgIpc) is 3.20. The zero-order valence-electron chi connectivity index (χ0n) is 15.4. The maximum atomic E-state index is 12.4. The number of likely N-dealkylation sites (tertiary alicyclic amines) is 1. The lowest BCUT2D eigenvalue weighted by Crippen LogP contribution is -2.30. The molecule has 4 rings (SSSR count). The summed E-state index contributed by atoms with van der Waals surface area (Å²) < 4.78 is 11.3. The number of pyridine rings is 1. The molecule has 142 valence electrons. The molecular weight excluding hydrogens is 344 g/mol. The highest BCUT2D eigenvalue weighted by Gasteiger charge is 2.42. The molecule has 0 spiro atoms. The monoisotopic (exact) mass is 368 g/mol. The molecule has 1 aliphatic carbocycles. The van der Waals surface area contributed by atoms with Crippen LogP contribution in [-0.4, -0.2) is 53.6 Å². The maximum Gasteiger partial charge on any atom is 0.195 e. The fourth-order valence-electron chi connectivity index (χ4n) is 4.25. The minimum Gasteiger partial charge on any atom is -0.506 e. The molecule has 1 saturated carbocycles. The molecule has 6 nitrogen and oxygen atoms in total. The van der Waals surface area contributed by atoms with Gasteiger partial charge in [0.2, 0.25) is 0 Å². The van der Waals surface area contributed by atoms with Crippen molar-refractivity contribution >= 4 is 5.78 Å². The molecule has 1 unspecified atom stereocenters. The Kier molecular flexibility index (Phi) is 4.99. The number of aromatic nitrogens is 1. The number of fused-ring (bicyclic) bond motifs is 1. The van der Waals surface area contributed by atoms with E-state index < -0.39 is 0 Å². The molecule has 0 radical (unpaired) electrons. The van der Waals surface area contributed by atoms with Gasteiger partial charge in [-0.15, -0.1) is 0 Å². The van der Waals surface area contributed by atoms with Gasteiger partial charge in [0.1, 0.15) is 22.9 Å². The van der Waals surface area contributed by atoms with E-state index in [4.69, 9.17) is 9.47 Å². The van der Waals surface area contributed by atoms with Gasteiger partial charge in [-0.25, -0.2) is 4.98 Å². The molecule has 3 atom stereocenters. The average molecular weight is 368 g/mol. The summed E-state index contributed by atoms with van der Waals surface area (Å²) in [7, 11) is 1.66. The van der Waals surface area contributed by atoms with Crippen molar-refractivity contribution in [1.82, 2.24) is 9.88 Å². The number of methoxy groups -OCH3 is 1. The third kappa shape index (κ3) is 4.06. The lowest BCUT2D eigenvalue weighted by Gasteiger charge is -2.19. The summed E-state index contributed by atoms with van der Waals surface area (Å²) in [6.45, 7) is 2.24. The highest BCUT2D eigenvalue weighted by atomic mass is 16.5. The largest absolute Gasteiger partial charge is 0.506 e. The maximum absolute atomic E-state index is 12.4. The summed E-state index contributed by atoms with van der Waals surface area (Å²) in [6.07, 6.45) is 3.61. The molecule has 1 saturated heterocycles. The molecule has 2 fully saturated rings. The molecule has 27 heavy (non-hydrogen) atoms. The van der Waals surface area contributed by atoms with Crippen LogP contribution in [0.4, 0.5) is 0 Å². The molecule has 1 aromatic heterocycles. The number of rotatable bonds is 6. The van der Waals surface area contributed by atoms with Gasteiger partial charge < -0.3 is 14.6 Å². The fourth-order valence-corrected chi connectivity index (χ4v) is 4.25. The summed E-state index contributed by atoms with van der Waals surface area (Å²) >= 11 is 0. The van der Waals surface area contributed by atoms with E-state index in [1.54, 1.807) is 13.2 Å². The van der Waals surface area contributed by atoms with E-state index in [0.29, 0.717) is 24.1 Å². The van der Waals surface area contributed by atoms with Gasteiger partial charge in [0, 0.05) is 13.1 Å². The van der Waals surface area contributed by atoms with Crippen LogP contribution in [0.3, 0.4) is 0 Å². The van der Waals surface area contributed by atoms with Crippen LogP contribution < -0.4 is 9.47 Å². The lowest BCUT2D eigenvalue weighted by molar-refractivity contribution is 0.0931. The van der Waals surface area contributed by atoms with Crippen molar-refractivity contribution in [3.8, 4) is 17.2 Å². The number of benzene rings is 1. The predicted octanol–water partition coefficient (Wildman–Crippen LogP) is 2.77. The Morgan fingerprint density at radius 3 is 2.37 bits per heavy atom. The van der Waals surface area contributed by atoms with Gasteiger partial charge in [0.25, 0.3) is 0 Å². The second kappa shape index (κ2) is 7.56. The van der Waals surface area contributed by atoms with Crippen LogP contribution in [-0.2, 0) is 0 Å². The van der Waals surface area contributed by atoms with Crippen molar-refractivity contribution < 1.29 is 19.4 Å². The fraction of sp³-hybridized carbons (Fsp3) is 0.429. The van der Waals surface area contributed by atoms with E-state index in [-0.39, 0.29) is 17.6 Å². The summed E-state index contributed by atoms with van der Waals surface area (Å²) in [6, 6.07) is 10.8. The Morgan fingerprint density at radius 2 is 1.78 bits per heavy atom. The zero-order chi connectivity index (χ0) is 18.8. The Hall–Kier alpha value is -2.60. The van der Waals surface area contributed by atoms with E-state index in [9.17, 15) is 9.90 Å². The number of Topliss-reactive ketones (excluding diaryl/α,β-unsaturated/α-hetero) is 1. The smallest absolute Gasteiger partial charge is 0.195 e. The number of carbonyl (C=O) groups is 1. The van der Waals surface area contributed by atoms with Crippen LogP contribution in [0.2, 0.25) is 0 Å². The number of hydrogen-bond acceptors (Lipinski definition) is 6. The number of ketones is 1. The molecule has 1 N–H and O–H groups in total. The van der Waals surface area contributed by atoms with Crippen LogP contribution >= 0.6 is 0 Å². The van der Waals surface area contributed by atoms with Crippen molar-refractivity contribution in [2.75, 3.05) is 26.7 Å². The number of aromatic hydroxyl groups is 1. The first-order valence-electron chi connectivity index (χ1n) is 9.32. The number of carbonyl (C=O) groups excluding carboxylic acids is 1. The van der Waals surface area contributed by atoms with Crippen molar-refractivity contribution in [3.05, 3.63) is 48.3 Å². The summed E-state index contributed by atoms with van der Waals surface area (Å²) in [5.74, 6) is 2.94. The van der Waals surface area contributed by atoms with Gasteiger partial charge >= 0.3 is 0 Å². The van der Waals surface area contributed by atoms with E-state index in [1.807, 2.05) is 24.3 Å². The quantitative estimate of drug-likeness (QED) is 0.791.